The Balaban J connectivity index is 1.53. The minimum absolute atomic E-state index is 0.0730. The Morgan fingerprint density at radius 3 is 2.04 bits per heavy atom. The number of hydrogen-bond donors (Lipinski definition) is 3. The van der Waals surface area contributed by atoms with Crippen molar-refractivity contribution in [3.8, 4) is 17.2 Å². The van der Waals surface area contributed by atoms with E-state index in [4.69, 9.17) is 14.2 Å². The predicted octanol–water partition coefficient (Wildman–Crippen LogP) is 6.29. The van der Waals surface area contributed by atoms with Crippen LogP contribution in [0.5, 0.6) is 17.2 Å². The highest BCUT2D eigenvalue weighted by Crippen LogP contribution is 2.27. The van der Waals surface area contributed by atoms with Crippen molar-refractivity contribution in [3.63, 3.8) is 0 Å². The number of carbonyl (C=O) groups is 4. The molecule has 0 saturated heterocycles. The van der Waals surface area contributed by atoms with Gasteiger partial charge in [0.1, 0.15) is 5.75 Å². The van der Waals surface area contributed by atoms with Crippen molar-refractivity contribution in [3.05, 3.63) is 90.0 Å². The van der Waals surface area contributed by atoms with Crippen LogP contribution in [-0.4, -0.2) is 104 Å². The molecule has 0 unspecified atom stereocenters. The molecule has 0 aromatic heterocycles. The lowest BCUT2D eigenvalue weighted by atomic mass is 10.1. The van der Waals surface area contributed by atoms with Crippen LogP contribution in [0.2, 0.25) is 0 Å². The van der Waals surface area contributed by atoms with Crippen LogP contribution in [0, 0.1) is 6.92 Å². The number of hydrogen-bond acceptors (Lipinski definition) is 7. The molecule has 3 N–H and O–H groups in total. The molecule has 3 aromatic carbocycles. The maximum absolute atomic E-state index is 13.4. The van der Waals surface area contributed by atoms with Crippen LogP contribution in [0.15, 0.2) is 78.9 Å². The highest BCUT2D eigenvalue weighted by molar-refractivity contribution is 6.01. The number of nitrogens with one attached hydrogen (secondary N) is 2. The lowest BCUT2D eigenvalue weighted by molar-refractivity contribution is -0.137. The lowest BCUT2D eigenvalue weighted by Gasteiger charge is -2.29. The van der Waals surface area contributed by atoms with Crippen LogP contribution in [-0.2, 0) is 16.0 Å². The average Bonchev–Trinajstić information content (AvgIpc) is 3.14. The molecule has 0 aliphatic carbocycles. The van der Waals surface area contributed by atoms with E-state index < -0.39 is 12.0 Å². The highest BCUT2D eigenvalue weighted by atomic mass is 16.5. The summed E-state index contributed by atoms with van der Waals surface area (Å²) >= 11 is 0. The minimum Gasteiger partial charge on any atom is -0.495 e. The summed E-state index contributed by atoms with van der Waals surface area (Å²) in [5.74, 6) is 0.559. The van der Waals surface area contributed by atoms with Gasteiger partial charge in [0.25, 0.3) is 0 Å². The number of carboxylic acids is 1. The van der Waals surface area contributed by atoms with Gasteiger partial charge in [0.05, 0.1) is 39.4 Å². The number of carbonyl (C=O) groups excluding carboxylic acids is 3. The number of nitrogens with zero attached hydrogens (tertiary/aromatic N) is 3. The first kappa shape index (κ1) is 40.7. The maximum atomic E-state index is 13.4. The van der Waals surface area contributed by atoms with Gasteiger partial charge < -0.3 is 44.7 Å². The first-order chi connectivity index (χ1) is 25.1. The van der Waals surface area contributed by atoms with Crippen molar-refractivity contribution in [1.29, 1.82) is 0 Å². The topological polar surface area (TPSA) is 150 Å². The molecule has 52 heavy (non-hydrogen) atoms. The van der Waals surface area contributed by atoms with Gasteiger partial charge in [-0.2, -0.15) is 0 Å². The van der Waals surface area contributed by atoms with E-state index in [0.717, 1.165) is 11.1 Å². The summed E-state index contributed by atoms with van der Waals surface area (Å²) in [5, 5.41) is 14.9. The number of benzene rings is 3. The molecule has 0 aliphatic rings. The fourth-order valence-electron chi connectivity index (χ4n) is 5.29. The van der Waals surface area contributed by atoms with Crippen LogP contribution < -0.4 is 24.8 Å². The first-order valence-electron chi connectivity index (χ1n) is 17.3. The summed E-state index contributed by atoms with van der Waals surface area (Å²) in [6, 6.07) is 19.3. The Morgan fingerprint density at radius 1 is 0.750 bits per heavy atom. The number of para-hydroxylation sites is 3. The average molecular weight is 718 g/mol. The highest BCUT2D eigenvalue weighted by Gasteiger charge is 2.20. The number of aliphatic carboxylic acids is 1. The van der Waals surface area contributed by atoms with Crippen molar-refractivity contribution in [2.75, 3.05) is 70.7 Å². The van der Waals surface area contributed by atoms with E-state index in [1.807, 2.05) is 69.3 Å². The van der Waals surface area contributed by atoms with Crippen molar-refractivity contribution in [1.82, 2.24) is 14.7 Å². The summed E-state index contributed by atoms with van der Waals surface area (Å²) in [6.07, 6.45) is 4.14. The first-order valence-corrected chi connectivity index (χ1v) is 17.3. The molecule has 0 bridgehead atoms. The van der Waals surface area contributed by atoms with E-state index >= 15 is 0 Å². The van der Waals surface area contributed by atoms with Gasteiger partial charge in [0.2, 0.25) is 5.91 Å². The zero-order chi connectivity index (χ0) is 37.9. The van der Waals surface area contributed by atoms with E-state index in [1.54, 1.807) is 47.2 Å². The smallest absolute Gasteiger partial charge is 0.323 e. The number of amides is 5. The Bertz CT molecular complexity index is 1660. The van der Waals surface area contributed by atoms with Gasteiger partial charge in [-0.25, -0.2) is 9.59 Å². The third kappa shape index (κ3) is 12.9. The molecular weight excluding hydrogens is 666 g/mol. The van der Waals surface area contributed by atoms with E-state index in [0.29, 0.717) is 74.4 Å². The van der Waals surface area contributed by atoms with Crippen molar-refractivity contribution < 1.29 is 38.5 Å². The third-order valence-corrected chi connectivity index (χ3v) is 8.23. The Kier molecular flexibility index (Phi) is 16.8. The summed E-state index contributed by atoms with van der Waals surface area (Å²) in [6.45, 7) is 7.92. The number of rotatable bonds is 20. The molecule has 13 heteroatoms. The molecule has 13 nitrogen and oxygen atoms in total. The lowest BCUT2D eigenvalue weighted by Crippen LogP contribution is -2.44. The second-order valence-corrected chi connectivity index (χ2v) is 11.8. The Morgan fingerprint density at radius 2 is 1.38 bits per heavy atom. The van der Waals surface area contributed by atoms with Gasteiger partial charge in [-0.05, 0) is 68.7 Å². The summed E-state index contributed by atoms with van der Waals surface area (Å²) in [5.41, 5.74) is 2.83. The number of methoxy groups -OCH3 is 2. The largest absolute Gasteiger partial charge is 0.495 e. The van der Waals surface area contributed by atoms with Crippen molar-refractivity contribution in [2.45, 2.75) is 40.0 Å². The predicted molar refractivity (Wildman–Crippen MR) is 201 cm³/mol. The Labute approximate surface area is 306 Å². The summed E-state index contributed by atoms with van der Waals surface area (Å²) in [4.78, 5) is 55.5. The summed E-state index contributed by atoms with van der Waals surface area (Å²) < 4.78 is 16.6. The standard InChI is InChI=1S/C39H51N5O8/c1-6-42(36(45)28-30-19-20-32(35(27-30)51-5)41-38(48)40-31-16-9-8-15-29(31)3)22-12-13-23-43(7-2)39(49)44(25-21-37(46)47)24-14-26-52-34-18-11-10-17-33(34)50-4/h8-13,15-20,27H,6-7,14,21-26,28H2,1-5H3,(H,46,47)(H2,40,41,48)/b13-12+. The number of urea groups is 2. The summed E-state index contributed by atoms with van der Waals surface area (Å²) in [7, 11) is 3.07. The quantitative estimate of drug-likeness (QED) is 0.0912. The number of likely N-dealkylation sites (N-methyl/N-ethyl adjacent to an activating group) is 2. The second-order valence-electron chi connectivity index (χ2n) is 11.8. The molecule has 0 heterocycles. The number of anilines is 2. The molecule has 3 rings (SSSR count). The minimum atomic E-state index is -0.984. The molecule has 0 radical (unpaired) electrons. The molecule has 5 amide bonds. The van der Waals surface area contributed by atoms with Crippen LogP contribution in [0.1, 0.15) is 37.8 Å². The van der Waals surface area contributed by atoms with Gasteiger partial charge in [-0.3, -0.25) is 9.59 Å². The molecule has 0 spiro atoms. The van der Waals surface area contributed by atoms with Crippen molar-refractivity contribution in [2.24, 2.45) is 0 Å². The molecule has 0 atom stereocenters. The zero-order valence-electron chi connectivity index (χ0n) is 30.7. The van der Waals surface area contributed by atoms with Gasteiger partial charge in [-0.1, -0.05) is 48.6 Å². The molecule has 0 saturated carbocycles. The van der Waals surface area contributed by atoms with Crippen molar-refractivity contribution >= 4 is 35.3 Å². The van der Waals surface area contributed by atoms with Gasteiger partial charge in [-0.15, -0.1) is 0 Å². The molecule has 0 aliphatic heterocycles. The van der Waals surface area contributed by atoms with Crippen LogP contribution in [0.3, 0.4) is 0 Å². The zero-order valence-corrected chi connectivity index (χ0v) is 30.7. The molecule has 0 fully saturated rings. The SMILES string of the molecule is CCN(C/C=C/CN(CC)C(=O)N(CCCOc1ccccc1OC)CCC(=O)O)C(=O)Cc1ccc(NC(=O)Nc2ccccc2C)c(OC)c1. The fourth-order valence-corrected chi connectivity index (χ4v) is 5.29. The normalized spacial score (nSPS) is 10.7. The van der Waals surface area contributed by atoms with E-state index in [-0.39, 0.29) is 31.3 Å². The maximum Gasteiger partial charge on any atom is 0.323 e. The fraction of sp³-hybridized carbons (Fsp3) is 0.385. The van der Waals surface area contributed by atoms with Gasteiger partial charge >= 0.3 is 18.0 Å². The van der Waals surface area contributed by atoms with E-state index in [1.165, 1.54) is 12.0 Å². The monoisotopic (exact) mass is 717 g/mol. The molecular formula is C39H51N5O8. The molecule has 280 valence electrons. The van der Waals surface area contributed by atoms with Gasteiger partial charge in [0.15, 0.2) is 11.5 Å². The molecule has 3 aromatic rings. The Hall–Kier alpha value is -5.72. The number of carboxylic acid groups (broad SMARTS) is 1. The number of ether oxygens (including phenoxy) is 3. The third-order valence-electron chi connectivity index (χ3n) is 8.23. The van der Waals surface area contributed by atoms with E-state index in [9.17, 15) is 24.3 Å². The van der Waals surface area contributed by atoms with Crippen LogP contribution in [0.25, 0.3) is 0 Å². The van der Waals surface area contributed by atoms with E-state index in [2.05, 4.69) is 10.6 Å². The van der Waals surface area contributed by atoms with Gasteiger partial charge in [0, 0.05) is 45.0 Å². The van der Waals surface area contributed by atoms with Crippen LogP contribution in [0.4, 0.5) is 21.0 Å². The second kappa shape index (κ2) is 21.5. The van der Waals surface area contributed by atoms with Crippen LogP contribution >= 0.6 is 0 Å². The number of aryl methyl sites for hydroxylation is 1.